The van der Waals surface area contributed by atoms with E-state index in [0.717, 1.165) is 11.3 Å². The molecule has 1 aromatic heterocycles. The van der Waals surface area contributed by atoms with Crippen molar-refractivity contribution in [3.8, 4) is 5.69 Å². The van der Waals surface area contributed by atoms with E-state index < -0.39 is 11.1 Å². The Hall–Kier alpha value is -2.74. The van der Waals surface area contributed by atoms with Gasteiger partial charge < -0.3 is 5.32 Å². The van der Waals surface area contributed by atoms with Crippen LogP contribution in [-0.2, 0) is 4.79 Å². The molecule has 0 fully saturated rings. The highest BCUT2D eigenvalue weighted by Crippen LogP contribution is 2.25. The third-order valence-electron chi connectivity index (χ3n) is 3.57. The zero-order chi connectivity index (χ0) is 17.8. The van der Waals surface area contributed by atoms with Gasteiger partial charge in [0.1, 0.15) is 5.82 Å². The number of nitrogens with one attached hydrogen (secondary N) is 1. The number of anilines is 1. The van der Waals surface area contributed by atoms with Crippen LogP contribution in [0.1, 0.15) is 12.5 Å². The highest BCUT2D eigenvalue weighted by Gasteiger charge is 2.20. The Labute approximate surface area is 148 Å². The van der Waals surface area contributed by atoms with Crippen LogP contribution < -0.4 is 5.32 Å². The summed E-state index contributed by atoms with van der Waals surface area (Å²) in [4.78, 5) is 12.3. The number of hydrogen-bond donors (Lipinski definition) is 1. The van der Waals surface area contributed by atoms with Crippen LogP contribution in [0.5, 0.6) is 0 Å². The van der Waals surface area contributed by atoms with Gasteiger partial charge in [0.15, 0.2) is 0 Å². The number of benzene rings is 2. The van der Waals surface area contributed by atoms with E-state index in [4.69, 9.17) is 0 Å². The molecule has 2 aromatic carbocycles. The van der Waals surface area contributed by atoms with Crippen molar-refractivity contribution >= 4 is 23.4 Å². The molecule has 3 rings (SSSR count). The van der Waals surface area contributed by atoms with Crippen molar-refractivity contribution in [2.45, 2.75) is 24.3 Å². The van der Waals surface area contributed by atoms with Crippen LogP contribution in [0.4, 0.5) is 10.1 Å². The van der Waals surface area contributed by atoms with Crippen molar-refractivity contribution in [2.24, 2.45) is 0 Å². The second kappa shape index (κ2) is 7.43. The number of halogens is 1. The summed E-state index contributed by atoms with van der Waals surface area (Å²) in [6.07, 6.45) is 0. The van der Waals surface area contributed by atoms with Crippen molar-refractivity contribution in [3.63, 3.8) is 0 Å². The molecule has 0 aliphatic carbocycles. The fourth-order valence-corrected chi connectivity index (χ4v) is 3.01. The molecule has 0 spiro atoms. The molecule has 0 radical (unpaired) electrons. The number of thioether (sulfide) groups is 1. The van der Waals surface area contributed by atoms with Gasteiger partial charge in [0.25, 0.3) is 0 Å². The van der Waals surface area contributed by atoms with E-state index in [1.807, 2.05) is 31.2 Å². The molecule has 1 atom stereocenters. The predicted molar refractivity (Wildman–Crippen MR) is 94.2 cm³/mol. The maximum atomic E-state index is 13.7. The lowest BCUT2D eigenvalue weighted by Crippen LogP contribution is -2.23. The van der Waals surface area contributed by atoms with Gasteiger partial charge in [0, 0.05) is 0 Å². The van der Waals surface area contributed by atoms with Gasteiger partial charge in [-0.15, -0.1) is 5.10 Å². The lowest BCUT2D eigenvalue weighted by molar-refractivity contribution is -0.115. The SMILES string of the molecule is Cc1ccccc1-n1nnnc1S[C@H](C)C(=O)Nc1ccccc1F. The van der Waals surface area contributed by atoms with E-state index in [9.17, 15) is 9.18 Å². The summed E-state index contributed by atoms with van der Waals surface area (Å²) < 4.78 is 15.3. The van der Waals surface area contributed by atoms with E-state index in [2.05, 4.69) is 20.8 Å². The maximum Gasteiger partial charge on any atom is 0.237 e. The zero-order valence-electron chi connectivity index (χ0n) is 13.7. The Kier molecular flexibility index (Phi) is 5.08. The minimum atomic E-state index is -0.506. The summed E-state index contributed by atoms with van der Waals surface area (Å²) in [5, 5.41) is 14.3. The summed E-state index contributed by atoms with van der Waals surface area (Å²) in [7, 11) is 0. The molecule has 0 aliphatic heterocycles. The molecule has 0 saturated heterocycles. The number of aryl methyl sites for hydroxylation is 1. The number of carbonyl (C=O) groups is 1. The Balaban J connectivity index is 1.75. The van der Waals surface area contributed by atoms with Gasteiger partial charge in [-0.05, 0) is 48.0 Å². The van der Waals surface area contributed by atoms with E-state index in [1.165, 1.54) is 23.9 Å². The van der Waals surface area contributed by atoms with E-state index in [0.29, 0.717) is 5.16 Å². The first-order valence-corrected chi connectivity index (χ1v) is 8.50. The highest BCUT2D eigenvalue weighted by atomic mass is 32.2. The quantitative estimate of drug-likeness (QED) is 0.710. The van der Waals surface area contributed by atoms with Gasteiger partial charge in [-0.1, -0.05) is 42.1 Å². The molecule has 25 heavy (non-hydrogen) atoms. The molecule has 0 saturated carbocycles. The first kappa shape index (κ1) is 17.1. The number of carbonyl (C=O) groups excluding carboxylic acids is 1. The van der Waals surface area contributed by atoms with Gasteiger partial charge in [-0.3, -0.25) is 4.79 Å². The van der Waals surface area contributed by atoms with Gasteiger partial charge in [0.2, 0.25) is 11.1 Å². The first-order chi connectivity index (χ1) is 12.1. The van der Waals surface area contributed by atoms with Gasteiger partial charge in [-0.2, -0.15) is 4.68 Å². The Bertz CT molecular complexity index is 898. The van der Waals surface area contributed by atoms with Crippen molar-refractivity contribution in [1.82, 2.24) is 20.2 Å². The van der Waals surface area contributed by atoms with Gasteiger partial charge >= 0.3 is 0 Å². The molecule has 1 amide bonds. The summed E-state index contributed by atoms with van der Waals surface area (Å²) in [5.41, 5.74) is 2.01. The topological polar surface area (TPSA) is 72.7 Å². The average molecular weight is 357 g/mol. The molecule has 8 heteroatoms. The smallest absolute Gasteiger partial charge is 0.237 e. The third kappa shape index (κ3) is 3.85. The number of aromatic nitrogens is 4. The van der Waals surface area contributed by atoms with Gasteiger partial charge in [0.05, 0.1) is 16.6 Å². The Morgan fingerprint density at radius 3 is 2.68 bits per heavy atom. The van der Waals surface area contributed by atoms with Crippen LogP contribution in [0.3, 0.4) is 0 Å². The van der Waals surface area contributed by atoms with E-state index in [-0.39, 0.29) is 11.6 Å². The van der Waals surface area contributed by atoms with Crippen LogP contribution in [0, 0.1) is 12.7 Å². The molecule has 6 nitrogen and oxygen atoms in total. The third-order valence-corrected chi connectivity index (χ3v) is 4.60. The standard InChI is InChI=1S/C17H16FN5OS/c1-11-7-3-6-10-15(11)23-17(20-21-22-23)25-12(2)16(24)19-14-9-5-4-8-13(14)18/h3-10,12H,1-2H3,(H,19,24)/t12-/m1/s1. The number of rotatable bonds is 5. The lowest BCUT2D eigenvalue weighted by atomic mass is 10.2. The summed E-state index contributed by atoms with van der Waals surface area (Å²) >= 11 is 1.21. The molecule has 0 aliphatic rings. The number of nitrogens with zero attached hydrogens (tertiary/aromatic N) is 4. The molecular formula is C17H16FN5OS. The average Bonchev–Trinajstić information content (AvgIpc) is 3.05. The molecule has 1 heterocycles. The number of para-hydroxylation sites is 2. The summed E-state index contributed by atoms with van der Waals surface area (Å²) in [6.45, 7) is 3.68. The minimum Gasteiger partial charge on any atom is -0.323 e. The van der Waals surface area contributed by atoms with Gasteiger partial charge in [-0.25, -0.2) is 4.39 Å². The molecule has 0 unspecified atom stereocenters. The molecule has 0 bridgehead atoms. The van der Waals surface area contributed by atoms with Crippen LogP contribution in [-0.4, -0.2) is 31.4 Å². The second-order valence-corrected chi connectivity index (χ2v) is 6.70. The largest absolute Gasteiger partial charge is 0.323 e. The molecular weight excluding hydrogens is 341 g/mol. The van der Waals surface area contributed by atoms with Crippen LogP contribution in [0.25, 0.3) is 5.69 Å². The number of amides is 1. The number of tetrazole rings is 1. The van der Waals surface area contributed by atoms with Crippen LogP contribution >= 0.6 is 11.8 Å². The highest BCUT2D eigenvalue weighted by molar-refractivity contribution is 8.00. The Morgan fingerprint density at radius 1 is 1.20 bits per heavy atom. The molecule has 128 valence electrons. The minimum absolute atomic E-state index is 0.151. The van der Waals surface area contributed by atoms with Crippen molar-refractivity contribution in [3.05, 3.63) is 59.9 Å². The summed E-state index contributed by atoms with van der Waals surface area (Å²) in [6, 6.07) is 13.7. The molecule has 1 N–H and O–H groups in total. The monoisotopic (exact) mass is 357 g/mol. The second-order valence-electron chi connectivity index (χ2n) is 5.39. The predicted octanol–water partition coefficient (Wildman–Crippen LogP) is 3.23. The molecule has 3 aromatic rings. The Morgan fingerprint density at radius 2 is 1.92 bits per heavy atom. The maximum absolute atomic E-state index is 13.7. The normalized spacial score (nSPS) is 12.0. The van der Waals surface area contributed by atoms with Crippen molar-refractivity contribution in [1.29, 1.82) is 0 Å². The van der Waals surface area contributed by atoms with E-state index >= 15 is 0 Å². The zero-order valence-corrected chi connectivity index (χ0v) is 14.5. The lowest BCUT2D eigenvalue weighted by Gasteiger charge is -2.12. The van der Waals surface area contributed by atoms with Crippen LogP contribution in [0.15, 0.2) is 53.7 Å². The fraction of sp³-hybridized carbons (Fsp3) is 0.176. The van der Waals surface area contributed by atoms with E-state index in [1.54, 1.807) is 23.7 Å². The van der Waals surface area contributed by atoms with Crippen LogP contribution in [0.2, 0.25) is 0 Å². The first-order valence-electron chi connectivity index (χ1n) is 7.62. The fourth-order valence-electron chi connectivity index (χ4n) is 2.21. The van der Waals surface area contributed by atoms with Crippen molar-refractivity contribution < 1.29 is 9.18 Å². The van der Waals surface area contributed by atoms with Crippen molar-refractivity contribution in [2.75, 3.05) is 5.32 Å². The summed E-state index contributed by atoms with van der Waals surface area (Å²) in [5.74, 6) is -0.799. The number of hydrogen-bond acceptors (Lipinski definition) is 5.